The molecule has 0 N–H and O–H groups in total. The molecule has 2 rings (SSSR count). The van der Waals surface area contributed by atoms with Gasteiger partial charge in [-0.2, -0.15) is 5.26 Å². The van der Waals surface area contributed by atoms with Crippen LogP contribution in [0.2, 0.25) is 0 Å². The normalized spacial score (nSPS) is 17.2. The molecule has 1 fully saturated rings. The van der Waals surface area contributed by atoms with Gasteiger partial charge in [-0.1, -0.05) is 22.9 Å². The third-order valence-corrected chi connectivity index (χ3v) is 3.62. The van der Waals surface area contributed by atoms with Gasteiger partial charge in [0, 0.05) is 23.2 Å². The zero-order chi connectivity index (χ0) is 11.5. The van der Waals surface area contributed by atoms with E-state index in [4.69, 9.17) is 5.26 Å². The summed E-state index contributed by atoms with van der Waals surface area (Å²) in [6.07, 6.45) is 2.49. The molecule has 0 saturated carbocycles. The lowest BCUT2D eigenvalue weighted by Crippen LogP contribution is -2.32. The molecular formula is C13H15BrN2. The van der Waals surface area contributed by atoms with Crippen LogP contribution in [0.4, 0.5) is 5.69 Å². The molecule has 1 heterocycles. The van der Waals surface area contributed by atoms with Crippen molar-refractivity contribution in [3.8, 4) is 6.07 Å². The second-order valence-electron chi connectivity index (χ2n) is 4.48. The first kappa shape index (κ1) is 11.5. The van der Waals surface area contributed by atoms with Crippen molar-refractivity contribution in [2.24, 2.45) is 5.92 Å². The Hall–Kier alpha value is -1.01. The van der Waals surface area contributed by atoms with Gasteiger partial charge in [0.25, 0.3) is 0 Å². The van der Waals surface area contributed by atoms with Crippen molar-refractivity contribution in [1.82, 2.24) is 0 Å². The second kappa shape index (κ2) is 4.88. The Morgan fingerprint density at radius 3 is 2.62 bits per heavy atom. The monoisotopic (exact) mass is 278 g/mol. The van der Waals surface area contributed by atoms with Crippen LogP contribution in [0.3, 0.4) is 0 Å². The third kappa shape index (κ3) is 2.56. The lowest BCUT2D eigenvalue weighted by atomic mass is 9.98. The minimum Gasteiger partial charge on any atom is -0.371 e. The van der Waals surface area contributed by atoms with E-state index in [1.807, 2.05) is 12.1 Å². The highest BCUT2D eigenvalue weighted by atomic mass is 79.9. The molecule has 84 valence electrons. The van der Waals surface area contributed by atoms with Gasteiger partial charge in [-0.05, 0) is 37.0 Å². The van der Waals surface area contributed by atoms with Gasteiger partial charge in [0.1, 0.15) is 0 Å². The maximum Gasteiger partial charge on any atom is 0.0992 e. The Morgan fingerprint density at radius 2 is 2.00 bits per heavy atom. The van der Waals surface area contributed by atoms with Crippen LogP contribution in [0, 0.1) is 17.2 Å². The van der Waals surface area contributed by atoms with Crippen LogP contribution >= 0.6 is 15.9 Å². The number of hydrogen-bond donors (Lipinski definition) is 0. The number of nitrogens with zero attached hydrogens (tertiary/aromatic N) is 2. The zero-order valence-electron chi connectivity index (χ0n) is 9.41. The van der Waals surface area contributed by atoms with Crippen molar-refractivity contribution in [2.45, 2.75) is 19.8 Å². The molecule has 1 aromatic rings. The summed E-state index contributed by atoms with van der Waals surface area (Å²) in [6, 6.07) is 8.12. The molecule has 0 aromatic heterocycles. The lowest BCUT2D eigenvalue weighted by Gasteiger charge is -2.32. The van der Waals surface area contributed by atoms with E-state index in [2.05, 4.69) is 39.9 Å². The van der Waals surface area contributed by atoms with Gasteiger partial charge in [-0.25, -0.2) is 0 Å². The number of rotatable bonds is 1. The molecule has 1 aliphatic rings. The van der Waals surface area contributed by atoms with Gasteiger partial charge in [0.2, 0.25) is 0 Å². The van der Waals surface area contributed by atoms with Crippen LogP contribution in [0.25, 0.3) is 0 Å². The van der Waals surface area contributed by atoms with E-state index in [1.165, 1.54) is 12.8 Å². The molecule has 0 atom stereocenters. The minimum absolute atomic E-state index is 0.725. The van der Waals surface area contributed by atoms with Crippen molar-refractivity contribution >= 4 is 21.6 Å². The van der Waals surface area contributed by atoms with Crippen LogP contribution in [0.15, 0.2) is 22.7 Å². The van der Waals surface area contributed by atoms with Crippen LogP contribution in [0.1, 0.15) is 25.3 Å². The lowest BCUT2D eigenvalue weighted by molar-refractivity contribution is 0.438. The van der Waals surface area contributed by atoms with Gasteiger partial charge < -0.3 is 4.90 Å². The van der Waals surface area contributed by atoms with Gasteiger partial charge in [-0.15, -0.1) is 0 Å². The third-order valence-electron chi connectivity index (χ3n) is 3.16. The first-order chi connectivity index (χ1) is 7.69. The van der Waals surface area contributed by atoms with Crippen molar-refractivity contribution in [2.75, 3.05) is 18.0 Å². The number of anilines is 1. The summed E-state index contributed by atoms with van der Waals surface area (Å²) in [7, 11) is 0. The topological polar surface area (TPSA) is 27.0 Å². The molecule has 0 unspecified atom stereocenters. The van der Waals surface area contributed by atoms with Gasteiger partial charge >= 0.3 is 0 Å². The Bertz CT molecular complexity index is 414. The summed E-state index contributed by atoms with van der Waals surface area (Å²) in [5.41, 5.74) is 1.89. The fraction of sp³-hybridized carbons (Fsp3) is 0.462. The Kier molecular flexibility index (Phi) is 3.50. The molecule has 16 heavy (non-hydrogen) atoms. The summed E-state index contributed by atoms with van der Waals surface area (Å²) in [6.45, 7) is 4.50. The fourth-order valence-corrected chi connectivity index (χ4v) is 2.57. The van der Waals surface area contributed by atoms with E-state index >= 15 is 0 Å². The molecule has 0 spiro atoms. The Labute approximate surface area is 105 Å². The van der Waals surface area contributed by atoms with Crippen molar-refractivity contribution in [1.29, 1.82) is 5.26 Å². The second-order valence-corrected chi connectivity index (χ2v) is 5.40. The molecular weight excluding hydrogens is 264 g/mol. The van der Waals surface area contributed by atoms with Crippen LogP contribution in [-0.2, 0) is 0 Å². The standard InChI is InChI=1S/C13H15BrN2/c1-10-2-4-16(5-3-10)13-7-11(9-15)6-12(14)8-13/h6-8,10H,2-5H2,1H3. The Balaban J connectivity index is 2.20. The summed E-state index contributed by atoms with van der Waals surface area (Å²) in [5, 5.41) is 8.94. The molecule has 1 aromatic carbocycles. The smallest absolute Gasteiger partial charge is 0.0992 e. The fourth-order valence-electron chi connectivity index (χ4n) is 2.09. The molecule has 1 saturated heterocycles. The minimum atomic E-state index is 0.725. The quantitative estimate of drug-likeness (QED) is 0.786. The number of nitriles is 1. The van der Waals surface area contributed by atoms with Crippen LogP contribution in [0.5, 0.6) is 0 Å². The van der Waals surface area contributed by atoms with E-state index in [0.717, 1.165) is 34.7 Å². The van der Waals surface area contributed by atoms with Crippen molar-refractivity contribution in [3.63, 3.8) is 0 Å². The molecule has 0 radical (unpaired) electrons. The predicted octanol–water partition coefficient (Wildman–Crippen LogP) is 3.56. The highest BCUT2D eigenvalue weighted by Gasteiger charge is 2.16. The van der Waals surface area contributed by atoms with Gasteiger partial charge in [0.05, 0.1) is 11.6 Å². The molecule has 0 bridgehead atoms. The maximum atomic E-state index is 8.94. The van der Waals surface area contributed by atoms with E-state index < -0.39 is 0 Å². The average molecular weight is 279 g/mol. The number of halogens is 1. The highest BCUT2D eigenvalue weighted by Crippen LogP contribution is 2.26. The first-order valence-corrected chi connectivity index (χ1v) is 6.44. The van der Waals surface area contributed by atoms with Crippen LogP contribution in [-0.4, -0.2) is 13.1 Å². The number of piperidine rings is 1. The Morgan fingerprint density at radius 1 is 1.31 bits per heavy atom. The van der Waals surface area contributed by atoms with E-state index in [-0.39, 0.29) is 0 Å². The average Bonchev–Trinajstić information content (AvgIpc) is 2.29. The molecule has 3 heteroatoms. The van der Waals surface area contributed by atoms with Gasteiger partial charge in [-0.3, -0.25) is 0 Å². The summed E-state index contributed by atoms with van der Waals surface area (Å²) in [5.74, 6) is 0.832. The number of benzene rings is 1. The summed E-state index contributed by atoms with van der Waals surface area (Å²) < 4.78 is 0.986. The van der Waals surface area contributed by atoms with Crippen molar-refractivity contribution in [3.05, 3.63) is 28.2 Å². The summed E-state index contributed by atoms with van der Waals surface area (Å²) in [4.78, 5) is 2.37. The van der Waals surface area contributed by atoms with Crippen molar-refractivity contribution < 1.29 is 0 Å². The highest BCUT2D eigenvalue weighted by molar-refractivity contribution is 9.10. The largest absolute Gasteiger partial charge is 0.371 e. The summed E-state index contributed by atoms with van der Waals surface area (Å²) >= 11 is 3.45. The van der Waals surface area contributed by atoms with E-state index in [1.54, 1.807) is 0 Å². The number of hydrogen-bond acceptors (Lipinski definition) is 2. The zero-order valence-corrected chi connectivity index (χ0v) is 11.0. The van der Waals surface area contributed by atoms with E-state index in [0.29, 0.717) is 0 Å². The molecule has 1 aliphatic heterocycles. The first-order valence-electron chi connectivity index (χ1n) is 5.64. The molecule has 0 aliphatic carbocycles. The van der Waals surface area contributed by atoms with E-state index in [9.17, 15) is 0 Å². The maximum absolute atomic E-state index is 8.94. The SMILES string of the molecule is CC1CCN(c2cc(Br)cc(C#N)c2)CC1. The molecule has 2 nitrogen and oxygen atoms in total. The van der Waals surface area contributed by atoms with Crippen LogP contribution < -0.4 is 4.90 Å². The predicted molar refractivity (Wildman–Crippen MR) is 69.5 cm³/mol. The molecule has 0 amide bonds. The van der Waals surface area contributed by atoms with Gasteiger partial charge in [0.15, 0.2) is 0 Å².